The molecule has 0 fully saturated rings. The fraction of sp³-hybridized carbons (Fsp3) is 0.400. The summed E-state index contributed by atoms with van der Waals surface area (Å²) in [4.78, 5) is 2.30. The fourth-order valence-electron chi connectivity index (χ4n) is 2.84. The Bertz CT molecular complexity index is 769. The SMILES string of the molecule is CCn1cc(S(=O)(=O)N[C@H]2Cc3ccccc3N(C)C2)cn1. The van der Waals surface area contributed by atoms with E-state index in [1.807, 2.05) is 32.2 Å². The van der Waals surface area contributed by atoms with Crippen molar-refractivity contribution in [3.8, 4) is 0 Å². The van der Waals surface area contributed by atoms with Gasteiger partial charge in [0.25, 0.3) is 0 Å². The number of aromatic nitrogens is 2. The Kier molecular flexibility index (Phi) is 3.92. The zero-order chi connectivity index (χ0) is 15.7. The van der Waals surface area contributed by atoms with E-state index in [9.17, 15) is 8.42 Å². The minimum Gasteiger partial charge on any atom is -0.373 e. The quantitative estimate of drug-likeness (QED) is 0.920. The summed E-state index contributed by atoms with van der Waals surface area (Å²) >= 11 is 0. The number of rotatable bonds is 4. The van der Waals surface area contributed by atoms with Gasteiger partial charge in [0.05, 0.1) is 6.20 Å². The van der Waals surface area contributed by atoms with Gasteiger partial charge in [-0.25, -0.2) is 13.1 Å². The lowest BCUT2D eigenvalue weighted by molar-refractivity contribution is 0.534. The Labute approximate surface area is 130 Å². The molecule has 3 rings (SSSR count). The highest BCUT2D eigenvalue weighted by atomic mass is 32.2. The predicted molar refractivity (Wildman–Crippen MR) is 85.4 cm³/mol. The van der Waals surface area contributed by atoms with Crippen LogP contribution >= 0.6 is 0 Å². The van der Waals surface area contributed by atoms with Crippen molar-refractivity contribution in [2.45, 2.75) is 30.8 Å². The first-order valence-corrected chi connectivity index (χ1v) is 8.81. The summed E-state index contributed by atoms with van der Waals surface area (Å²) in [7, 11) is -1.55. The van der Waals surface area contributed by atoms with Gasteiger partial charge in [-0.05, 0) is 25.0 Å². The second-order valence-electron chi connectivity index (χ2n) is 5.56. The van der Waals surface area contributed by atoms with Crippen LogP contribution in [0.25, 0.3) is 0 Å². The molecule has 1 atom stereocenters. The highest BCUT2D eigenvalue weighted by Gasteiger charge is 2.27. The summed E-state index contributed by atoms with van der Waals surface area (Å²) in [6.07, 6.45) is 3.65. The summed E-state index contributed by atoms with van der Waals surface area (Å²) < 4.78 is 29.3. The number of hydrogen-bond donors (Lipinski definition) is 1. The maximum absolute atomic E-state index is 12.5. The highest BCUT2D eigenvalue weighted by molar-refractivity contribution is 7.89. The Hall–Kier alpha value is -1.86. The van der Waals surface area contributed by atoms with Crippen molar-refractivity contribution in [1.82, 2.24) is 14.5 Å². The number of fused-ring (bicyclic) bond motifs is 1. The lowest BCUT2D eigenvalue weighted by atomic mass is 9.99. The van der Waals surface area contributed by atoms with E-state index in [0.717, 1.165) is 11.3 Å². The van der Waals surface area contributed by atoms with Crippen molar-refractivity contribution in [1.29, 1.82) is 0 Å². The summed E-state index contributed by atoms with van der Waals surface area (Å²) in [5, 5.41) is 4.03. The smallest absolute Gasteiger partial charge is 0.244 e. The van der Waals surface area contributed by atoms with Crippen LogP contribution in [0, 0.1) is 0 Å². The lowest BCUT2D eigenvalue weighted by Gasteiger charge is -2.33. The maximum Gasteiger partial charge on any atom is 0.244 e. The molecule has 2 heterocycles. The molecule has 7 heteroatoms. The van der Waals surface area contributed by atoms with E-state index >= 15 is 0 Å². The van der Waals surface area contributed by atoms with E-state index < -0.39 is 10.0 Å². The summed E-state index contributed by atoms with van der Waals surface area (Å²) in [5.41, 5.74) is 2.32. The third kappa shape index (κ3) is 2.86. The van der Waals surface area contributed by atoms with Crippen molar-refractivity contribution in [3.63, 3.8) is 0 Å². The minimum atomic E-state index is -3.54. The summed E-state index contributed by atoms with van der Waals surface area (Å²) in [6, 6.07) is 7.94. The van der Waals surface area contributed by atoms with Gasteiger partial charge in [-0.15, -0.1) is 0 Å². The second kappa shape index (κ2) is 5.73. The molecule has 0 spiro atoms. The first kappa shape index (κ1) is 15.1. The Morgan fingerprint density at radius 3 is 2.86 bits per heavy atom. The van der Waals surface area contributed by atoms with Gasteiger partial charge in [0.1, 0.15) is 4.90 Å². The first-order chi connectivity index (χ1) is 10.5. The minimum absolute atomic E-state index is 0.144. The molecule has 0 unspecified atom stereocenters. The molecular formula is C15H20N4O2S. The highest BCUT2D eigenvalue weighted by Crippen LogP contribution is 2.26. The van der Waals surface area contributed by atoms with Gasteiger partial charge in [0, 0.05) is 38.1 Å². The molecular weight excluding hydrogens is 300 g/mol. The van der Waals surface area contributed by atoms with Gasteiger partial charge in [-0.1, -0.05) is 18.2 Å². The molecule has 0 amide bonds. The Balaban J connectivity index is 1.79. The molecule has 0 saturated heterocycles. The van der Waals surface area contributed by atoms with Crippen LogP contribution in [0.15, 0.2) is 41.6 Å². The van der Waals surface area contributed by atoms with E-state index in [1.54, 1.807) is 10.9 Å². The van der Waals surface area contributed by atoms with E-state index in [2.05, 4.69) is 20.8 Å². The molecule has 2 aromatic rings. The number of para-hydroxylation sites is 1. The number of nitrogens with one attached hydrogen (secondary N) is 1. The topological polar surface area (TPSA) is 67.2 Å². The van der Waals surface area contributed by atoms with E-state index in [4.69, 9.17) is 0 Å². The molecule has 1 aliphatic rings. The molecule has 118 valence electrons. The lowest BCUT2D eigenvalue weighted by Crippen LogP contribution is -2.46. The van der Waals surface area contributed by atoms with Gasteiger partial charge >= 0.3 is 0 Å². The van der Waals surface area contributed by atoms with Gasteiger partial charge in [0.15, 0.2) is 0 Å². The van der Waals surface area contributed by atoms with Crippen LogP contribution in [0.5, 0.6) is 0 Å². The number of nitrogens with zero attached hydrogens (tertiary/aromatic N) is 3. The number of benzene rings is 1. The number of hydrogen-bond acceptors (Lipinski definition) is 4. The summed E-state index contributed by atoms with van der Waals surface area (Å²) in [5.74, 6) is 0. The molecule has 1 N–H and O–H groups in total. The number of anilines is 1. The van der Waals surface area contributed by atoms with Crippen LogP contribution in [0.4, 0.5) is 5.69 Å². The molecule has 22 heavy (non-hydrogen) atoms. The van der Waals surface area contributed by atoms with Gasteiger partial charge in [0.2, 0.25) is 10.0 Å². The third-order valence-electron chi connectivity index (χ3n) is 3.93. The zero-order valence-corrected chi connectivity index (χ0v) is 13.5. The number of sulfonamides is 1. The van der Waals surface area contributed by atoms with E-state index in [1.165, 1.54) is 6.20 Å². The third-order valence-corrected chi connectivity index (χ3v) is 5.40. The van der Waals surface area contributed by atoms with Gasteiger partial charge in [-0.3, -0.25) is 4.68 Å². The second-order valence-corrected chi connectivity index (χ2v) is 7.28. The van der Waals surface area contributed by atoms with Gasteiger partial charge < -0.3 is 4.90 Å². The summed E-state index contributed by atoms with van der Waals surface area (Å²) in [6.45, 7) is 3.22. The first-order valence-electron chi connectivity index (χ1n) is 7.33. The molecule has 0 radical (unpaired) electrons. The van der Waals surface area contributed by atoms with Crippen molar-refractivity contribution < 1.29 is 8.42 Å². The van der Waals surface area contributed by atoms with Crippen LogP contribution in [0.2, 0.25) is 0 Å². The standard InChI is InChI=1S/C15H20N4O2S/c1-3-19-11-14(9-16-19)22(20,21)17-13-8-12-6-4-5-7-15(12)18(2)10-13/h4-7,9,11,13,17H,3,8,10H2,1-2H3/t13-/m0/s1. The van der Waals surface area contributed by atoms with Crippen LogP contribution in [-0.2, 0) is 23.0 Å². The largest absolute Gasteiger partial charge is 0.373 e. The van der Waals surface area contributed by atoms with Crippen molar-refractivity contribution in [2.75, 3.05) is 18.5 Å². The average Bonchev–Trinajstić information content (AvgIpc) is 2.97. The van der Waals surface area contributed by atoms with Crippen LogP contribution in [0.3, 0.4) is 0 Å². The molecule has 6 nitrogen and oxygen atoms in total. The Morgan fingerprint density at radius 1 is 1.36 bits per heavy atom. The molecule has 0 bridgehead atoms. The van der Waals surface area contributed by atoms with Crippen LogP contribution in [0.1, 0.15) is 12.5 Å². The van der Waals surface area contributed by atoms with Crippen LogP contribution in [-0.4, -0.2) is 37.8 Å². The molecule has 1 aromatic heterocycles. The maximum atomic E-state index is 12.5. The van der Waals surface area contributed by atoms with E-state index in [0.29, 0.717) is 19.5 Å². The molecule has 0 saturated carbocycles. The number of likely N-dealkylation sites (N-methyl/N-ethyl adjacent to an activating group) is 1. The zero-order valence-electron chi connectivity index (χ0n) is 12.7. The number of aryl methyl sites for hydroxylation is 1. The van der Waals surface area contributed by atoms with Crippen LogP contribution < -0.4 is 9.62 Å². The van der Waals surface area contributed by atoms with Crippen molar-refractivity contribution >= 4 is 15.7 Å². The fourth-order valence-corrected chi connectivity index (χ4v) is 4.02. The van der Waals surface area contributed by atoms with Gasteiger partial charge in [-0.2, -0.15) is 5.10 Å². The molecule has 0 aliphatic carbocycles. The monoisotopic (exact) mass is 320 g/mol. The van der Waals surface area contributed by atoms with Crippen molar-refractivity contribution in [3.05, 3.63) is 42.2 Å². The Morgan fingerprint density at radius 2 is 2.14 bits per heavy atom. The normalized spacial score (nSPS) is 18.3. The predicted octanol–water partition coefficient (Wildman–Crippen LogP) is 1.24. The molecule has 1 aromatic carbocycles. The van der Waals surface area contributed by atoms with Crippen molar-refractivity contribution in [2.24, 2.45) is 0 Å². The molecule has 1 aliphatic heterocycles. The van der Waals surface area contributed by atoms with E-state index in [-0.39, 0.29) is 10.9 Å². The average molecular weight is 320 g/mol.